The molecule has 1 fully saturated rings. The van der Waals surface area contributed by atoms with Crippen LogP contribution in [0.5, 0.6) is 0 Å². The van der Waals surface area contributed by atoms with Gasteiger partial charge in [0.15, 0.2) is 0 Å². The van der Waals surface area contributed by atoms with E-state index in [9.17, 15) is 0 Å². The molecule has 2 rings (SSSR count). The third-order valence-electron chi connectivity index (χ3n) is 3.40. The highest BCUT2D eigenvalue weighted by Crippen LogP contribution is 2.28. The number of likely N-dealkylation sites (N-methyl/N-ethyl adjacent to an activating group) is 1. The molecule has 4 heteroatoms. The Hall–Kier alpha value is -1.57. The molecule has 19 heavy (non-hydrogen) atoms. The summed E-state index contributed by atoms with van der Waals surface area (Å²) in [5, 5.41) is 18.2. The molecule has 0 aromatic heterocycles. The van der Waals surface area contributed by atoms with Crippen LogP contribution in [0.15, 0.2) is 18.2 Å². The molecule has 1 aliphatic rings. The number of hydrogen-bond acceptors (Lipinski definition) is 4. The van der Waals surface area contributed by atoms with Gasteiger partial charge >= 0.3 is 0 Å². The second-order valence-electron chi connectivity index (χ2n) is 5.06. The van der Waals surface area contributed by atoms with Crippen molar-refractivity contribution in [2.45, 2.75) is 19.4 Å². The Morgan fingerprint density at radius 1 is 1.47 bits per heavy atom. The number of hydrogen-bond donors (Lipinski definition) is 1. The van der Waals surface area contributed by atoms with Gasteiger partial charge in [0.25, 0.3) is 0 Å². The lowest BCUT2D eigenvalue weighted by Gasteiger charge is -2.20. The smallest absolute Gasteiger partial charge is 0.101 e. The third-order valence-corrected chi connectivity index (χ3v) is 3.40. The van der Waals surface area contributed by atoms with Crippen LogP contribution in [0, 0.1) is 17.2 Å². The van der Waals surface area contributed by atoms with Crippen molar-refractivity contribution in [3.63, 3.8) is 0 Å². The quantitative estimate of drug-likeness (QED) is 0.761. The van der Waals surface area contributed by atoms with E-state index >= 15 is 0 Å². The van der Waals surface area contributed by atoms with Gasteiger partial charge in [0.05, 0.1) is 24.5 Å². The molecule has 0 spiro atoms. The molecular formula is C15H20N2O2. The number of anilines is 1. The van der Waals surface area contributed by atoms with E-state index in [2.05, 4.69) is 6.07 Å². The molecule has 1 aliphatic carbocycles. The van der Waals surface area contributed by atoms with E-state index < -0.39 is 0 Å². The molecule has 0 atom stereocenters. The van der Waals surface area contributed by atoms with Crippen molar-refractivity contribution < 1.29 is 9.84 Å². The van der Waals surface area contributed by atoms with E-state index in [-0.39, 0.29) is 6.61 Å². The second kappa shape index (κ2) is 6.55. The standard InChI is InChI=1S/C15H20N2O2/c1-17(6-7-19-11-12-2-3-12)15-5-4-13(10-18)8-14(15)9-16/h4-5,8,12,18H,2-3,6-7,10-11H2,1H3. The van der Waals surface area contributed by atoms with Crippen molar-refractivity contribution >= 4 is 5.69 Å². The fraction of sp³-hybridized carbons (Fsp3) is 0.533. The highest BCUT2D eigenvalue weighted by molar-refractivity contribution is 5.60. The number of nitrogens with zero attached hydrogens (tertiary/aromatic N) is 2. The zero-order valence-electron chi connectivity index (χ0n) is 11.3. The van der Waals surface area contributed by atoms with Crippen molar-refractivity contribution in [1.82, 2.24) is 0 Å². The second-order valence-corrected chi connectivity index (χ2v) is 5.06. The molecule has 1 aromatic rings. The van der Waals surface area contributed by atoms with Gasteiger partial charge in [-0.25, -0.2) is 0 Å². The fourth-order valence-electron chi connectivity index (χ4n) is 1.96. The Morgan fingerprint density at radius 2 is 2.26 bits per heavy atom. The molecule has 0 bridgehead atoms. The summed E-state index contributed by atoms with van der Waals surface area (Å²) in [4.78, 5) is 2.02. The predicted octanol–water partition coefficient (Wildman–Crippen LogP) is 1.91. The lowest BCUT2D eigenvalue weighted by molar-refractivity contribution is 0.131. The summed E-state index contributed by atoms with van der Waals surface area (Å²) in [6, 6.07) is 7.63. The summed E-state index contributed by atoms with van der Waals surface area (Å²) in [5.41, 5.74) is 2.24. The number of ether oxygens (including phenoxy) is 1. The van der Waals surface area contributed by atoms with Gasteiger partial charge < -0.3 is 14.7 Å². The molecule has 0 heterocycles. The first-order valence-corrected chi connectivity index (χ1v) is 6.67. The zero-order valence-corrected chi connectivity index (χ0v) is 11.3. The maximum atomic E-state index is 9.15. The van der Waals surface area contributed by atoms with Gasteiger partial charge in [0, 0.05) is 20.2 Å². The van der Waals surface area contributed by atoms with E-state index in [1.807, 2.05) is 24.1 Å². The van der Waals surface area contributed by atoms with Crippen LogP contribution in [0.4, 0.5) is 5.69 Å². The average molecular weight is 260 g/mol. The van der Waals surface area contributed by atoms with E-state index in [4.69, 9.17) is 15.1 Å². The Morgan fingerprint density at radius 3 is 2.89 bits per heavy atom. The van der Waals surface area contributed by atoms with E-state index in [0.29, 0.717) is 12.2 Å². The molecule has 1 aromatic carbocycles. The lowest BCUT2D eigenvalue weighted by atomic mass is 10.1. The van der Waals surface area contributed by atoms with Crippen molar-refractivity contribution in [3.05, 3.63) is 29.3 Å². The molecule has 1 N–H and O–H groups in total. The number of rotatable bonds is 7. The fourth-order valence-corrected chi connectivity index (χ4v) is 1.96. The first-order chi connectivity index (χ1) is 9.24. The molecule has 0 saturated heterocycles. The first kappa shape index (κ1) is 13.9. The maximum absolute atomic E-state index is 9.15. The van der Waals surface area contributed by atoms with Crippen molar-refractivity contribution in [2.75, 3.05) is 31.7 Å². The molecule has 0 aliphatic heterocycles. The van der Waals surface area contributed by atoms with Crippen molar-refractivity contribution in [3.8, 4) is 6.07 Å². The Kier molecular flexibility index (Phi) is 4.78. The number of benzene rings is 1. The molecule has 1 saturated carbocycles. The Labute approximate surface area is 114 Å². The van der Waals surface area contributed by atoms with Crippen LogP contribution in [-0.2, 0) is 11.3 Å². The molecular weight excluding hydrogens is 240 g/mol. The summed E-state index contributed by atoms with van der Waals surface area (Å²) in [6.07, 6.45) is 2.61. The molecule has 0 amide bonds. The number of aliphatic hydroxyl groups excluding tert-OH is 1. The minimum atomic E-state index is -0.0385. The summed E-state index contributed by atoms with van der Waals surface area (Å²) in [6.45, 7) is 2.27. The van der Waals surface area contributed by atoms with E-state index in [0.717, 1.165) is 30.3 Å². The largest absolute Gasteiger partial charge is 0.392 e. The van der Waals surface area contributed by atoms with Crippen LogP contribution in [0.3, 0.4) is 0 Å². The number of nitriles is 1. The predicted molar refractivity (Wildman–Crippen MR) is 73.9 cm³/mol. The molecule has 102 valence electrons. The molecule has 0 radical (unpaired) electrons. The van der Waals surface area contributed by atoms with Gasteiger partial charge in [-0.05, 0) is 36.5 Å². The average Bonchev–Trinajstić information content (AvgIpc) is 3.26. The highest BCUT2D eigenvalue weighted by atomic mass is 16.5. The van der Waals surface area contributed by atoms with Gasteiger partial charge in [-0.2, -0.15) is 5.26 Å². The van der Waals surface area contributed by atoms with Gasteiger partial charge in [0.2, 0.25) is 0 Å². The normalized spacial score (nSPS) is 14.2. The van der Waals surface area contributed by atoms with Gasteiger partial charge in [-0.3, -0.25) is 0 Å². The minimum Gasteiger partial charge on any atom is -0.392 e. The maximum Gasteiger partial charge on any atom is 0.101 e. The topological polar surface area (TPSA) is 56.5 Å². The van der Waals surface area contributed by atoms with E-state index in [1.54, 1.807) is 6.07 Å². The summed E-state index contributed by atoms with van der Waals surface area (Å²) < 4.78 is 5.60. The highest BCUT2D eigenvalue weighted by Gasteiger charge is 2.21. The zero-order chi connectivity index (χ0) is 13.7. The summed E-state index contributed by atoms with van der Waals surface area (Å²) in [5.74, 6) is 0.781. The summed E-state index contributed by atoms with van der Waals surface area (Å²) in [7, 11) is 1.95. The van der Waals surface area contributed by atoms with Crippen LogP contribution in [0.1, 0.15) is 24.0 Å². The van der Waals surface area contributed by atoms with Crippen LogP contribution < -0.4 is 4.90 Å². The first-order valence-electron chi connectivity index (χ1n) is 6.67. The molecule has 4 nitrogen and oxygen atoms in total. The minimum absolute atomic E-state index is 0.0385. The van der Waals surface area contributed by atoms with Crippen LogP contribution >= 0.6 is 0 Å². The number of aliphatic hydroxyl groups is 1. The van der Waals surface area contributed by atoms with E-state index in [1.165, 1.54) is 12.8 Å². The monoisotopic (exact) mass is 260 g/mol. The SMILES string of the molecule is CN(CCOCC1CC1)c1ccc(CO)cc1C#N. The van der Waals surface area contributed by atoms with Crippen LogP contribution in [0.25, 0.3) is 0 Å². The summed E-state index contributed by atoms with van der Waals surface area (Å²) >= 11 is 0. The van der Waals surface area contributed by atoms with Gasteiger partial charge in [-0.15, -0.1) is 0 Å². The van der Waals surface area contributed by atoms with Crippen molar-refractivity contribution in [2.24, 2.45) is 5.92 Å². The van der Waals surface area contributed by atoms with Gasteiger partial charge in [-0.1, -0.05) is 6.07 Å². The van der Waals surface area contributed by atoms with Crippen LogP contribution in [-0.4, -0.2) is 31.9 Å². The Balaban J connectivity index is 1.89. The van der Waals surface area contributed by atoms with Gasteiger partial charge in [0.1, 0.15) is 6.07 Å². The lowest BCUT2D eigenvalue weighted by Crippen LogP contribution is -2.23. The molecule has 0 unspecified atom stereocenters. The van der Waals surface area contributed by atoms with Crippen LogP contribution in [0.2, 0.25) is 0 Å². The van der Waals surface area contributed by atoms with Crippen molar-refractivity contribution in [1.29, 1.82) is 5.26 Å². The Bertz CT molecular complexity index is 464. The third kappa shape index (κ3) is 3.95.